The lowest BCUT2D eigenvalue weighted by Gasteiger charge is -2.16. The smallest absolute Gasteiger partial charge is 0.308 e. The van der Waals surface area contributed by atoms with E-state index in [0.717, 1.165) is 6.42 Å². The van der Waals surface area contributed by atoms with Gasteiger partial charge in [0, 0.05) is 6.54 Å². The predicted octanol–water partition coefficient (Wildman–Crippen LogP) is 1.15. The van der Waals surface area contributed by atoms with Crippen LogP contribution in [-0.2, 0) is 14.3 Å². The van der Waals surface area contributed by atoms with Gasteiger partial charge < -0.3 is 14.7 Å². The highest BCUT2D eigenvalue weighted by Gasteiger charge is 2.22. The molecule has 0 spiro atoms. The van der Waals surface area contributed by atoms with Gasteiger partial charge in [-0.2, -0.15) is 0 Å². The minimum atomic E-state index is -0.972. The fourth-order valence-electron chi connectivity index (χ4n) is 1.31. The van der Waals surface area contributed by atoms with Crippen LogP contribution >= 0.6 is 0 Å². The van der Waals surface area contributed by atoms with E-state index in [9.17, 15) is 9.59 Å². The molecule has 0 bridgehead atoms. The summed E-state index contributed by atoms with van der Waals surface area (Å²) in [6.07, 6.45) is 4.44. The number of aliphatic carboxylic acids is 1. The van der Waals surface area contributed by atoms with Gasteiger partial charge in [0.1, 0.15) is 6.61 Å². The first-order valence-corrected chi connectivity index (χ1v) is 5.65. The lowest BCUT2D eigenvalue weighted by atomic mass is 10.1. The predicted molar refractivity (Wildman–Crippen MR) is 64.7 cm³/mol. The van der Waals surface area contributed by atoms with Crippen LogP contribution in [0.5, 0.6) is 0 Å². The first-order valence-electron chi connectivity index (χ1n) is 5.65. The SMILES string of the molecule is CC/C=C/COC(=O)CC(CN(C)C)C(=O)O. The summed E-state index contributed by atoms with van der Waals surface area (Å²) >= 11 is 0. The van der Waals surface area contributed by atoms with Gasteiger partial charge >= 0.3 is 11.9 Å². The van der Waals surface area contributed by atoms with Gasteiger partial charge in [-0.3, -0.25) is 9.59 Å². The van der Waals surface area contributed by atoms with Crippen LogP contribution in [0.2, 0.25) is 0 Å². The van der Waals surface area contributed by atoms with Crippen molar-refractivity contribution in [1.82, 2.24) is 4.90 Å². The zero-order valence-corrected chi connectivity index (χ0v) is 10.7. The van der Waals surface area contributed by atoms with E-state index in [-0.39, 0.29) is 13.0 Å². The van der Waals surface area contributed by atoms with Gasteiger partial charge in [-0.15, -0.1) is 0 Å². The Labute approximate surface area is 102 Å². The van der Waals surface area contributed by atoms with Gasteiger partial charge in [-0.25, -0.2) is 0 Å². The summed E-state index contributed by atoms with van der Waals surface area (Å²) in [5.41, 5.74) is 0. The van der Waals surface area contributed by atoms with E-state index in [1.807, 2.05) is 13.0 Å². The van der Waals surface area contributed by atoms with Gasteiger partial charge in [0.25, 0.3) is 0 Å². The van der Waals surface area contributed by atoms with Gasteiger partial charge in [-0.05, 0) is 20.5 Å². The van der Waals surface area contributed by atoms with E-state index >= 15 is 0 Å². The fourth-order valence-corrected chi connectivity index (χ4v) is 1.31. The number of esters is 1. The third-order valence-electron chi connectivity index (χ3n) is 2.09. The van der Waals surface area contributed by atoms with Gasteiger partial charge in [0.05, 0.1) is 12.3 Å². The van der Waals surface area contributed by atoms with Crippen LogP contribution in [0.25, 0.3) is 0 Å². The summed E-state index contributed by atoms with van der Waals surface area (Å²) in [6, 6.07) is 0. The van der Waals surface area contributed by atoms with E-state index in [1.54, 1.807) is 25.1 Å². The largest absolute Gasteiger partial charge is 0.481 e. The van der Waals surface area contributed by atoms with Crippen LogP contribution in [0.4, 0.5) is 0 Å². The standard InChI is InChI=1S/C12H21NO4/c1-4-5-6-7-17-11(14)8-10(12(15)16)9-13(2)3/h5-6,10H,4,7-9H2,1-3H3,(H,15,16)/b6-5+. The molecular formula is C12H21NO4. The molecule has 0 saturated heterocycles. The molecule has 98 valence electrons. The number of rotatable bonds is 8. The molecule has 1 unspecified atom stereocenters. The van der Waals surface area contributed by atoms with Crippen LogP contribution in [-0.4, -0.2) is 49.2 Å². The second-order valence-electron chi connectivity index (χ2n) is 4.06. The Morgan fingerprint density at radius 2 is 2.00 bits per heavy atom. The molecule has 1 atom stereocenters. The molecule has 0 radical (unpaired) electrons. The molecule has 0 aliphatic heterocycles. The second-order valence-corrected chi connectivity index (χ2v) is 4.06. The van der Waals surface area contributed by atoms with Crippen molar-refractivity contribution in [3.63, 3.8) is 0 Å². The molecule has 5 nitrogen and oxygen atoms in total. The van der Waals surface area contributed by atoms with Crippen molar-refractivity contribution < 1.29 is 19.4 Å². The number of hydrogen-bond donors (Lipinski definition) is 1. The number of carboxylic acid groups (broad SMARTS) is 1. The van der Waals surface area contributed by atoms with Crippen LogP contribution in [0.1, 0.15) is 19.8 Å². The number of nitrogens with zero attached hydrogens (tertiary/aromatic N) is 1. The molecule has 0 aliphatic carbocycles. The lowest BCUT2D eigenvalue weighted by molar-refractivity contribution is -0.151. The van der Waals surface area contributed by atoms with Crippen molar-refractivity contribution in [2.45, 2.75) is 19.8 Å². The first-order chi connectivity index (χ1) is 7.97. The molecule has 0 aliphatic rings. The molecule has 5 heteroatoms. The molecule has 1 N–H and O–H groups in total. The summed E-state index contributed by atoms with van der Waals surface area (Å²) < 4.78 is 4.90. The number of hydrogen-bond acceptors (Lipinski definition) is 4. The summed E-state index contributed by atoms with van der Waals surface area (Å²) in [5.74, 6) is -2.16. The van der Waals surface area contributed by atoms with Crippen molar-refractivity contribution in [2.24, 2.45) is 5.92 Å². The van der Waals surface area contributed by atoms with Crippen LogP contribution in [0.15, 0.2) is 12.2 Å². The summed E-state index contributed by atoms with van der Waals surface area (Å²) in [7, 11) is 3.54. The maximum Gasteiger partial charge on any atom is 0.308 e. The average molecular weight is 243 g/mol. The Kier molecular flexibility index (Phi) is 8.05. The maximum atomic E-state index is 11.4. The van der Waals surface area contributed by atoms with Gasteiger partial charge in [0.15, 0.2) is 0 Å². The normalized spacial score (nSPS) is 12.9. The Bertz CT molecular complexity index is 274. The lowest BCUT2D eigenvalue weighted by Crippen LogP contribution is -2.30. The van der Waals surface area contributed by atoms with E-state index < -0.39 is 17.9 Å². The number of carboxylic acids is 1. The highest BCUT2D eigenvalue weighted by molar-refractivity contribution is 5.79. The van der Waals surface area contributed by atoms with Gasteiger partial charge in [-0.1, -0.05) is 19.1 Å². The molecular weight excluding hydrogens is 222 g/mol. The number of ether oxygens (including phenoxy) is 1. The van der Waals surface area contributed by atoms with Crippen molar-refractivity contribution in [2.75, 3.05) is 27.2 Å². The van der Waals surface area contributed by atoms with Crippen LogP contribution < -0.4 is 0 Å². The zero-order chi connectivity index (χ0) is 13.3. The fraction of sp³-hybridized carbons (Fsp3) is 0.667. The quantitative estimate of drug-likeness (QED) is 0.511. The summed E-state index contributed by atoms with van der Waals surface area (Å²) in [6.45, 7) is 2.52. The van der Waals surface area contributed by atoms with E-state index in [2.05, 4.69) is 0 Å². The third-order valence-corrected chi connectivity index (χ3v) is 2.09. The highest BCUT2D eigenvalue weighted by atomic mass is 16.5. The van der Waals surface area contributed by atoms with Crippen molar-refractivity contribution in [3.8, 4) is 0 Å². The van der Waals surface area contributed by atoms with Crippen molar-refractivity contribution in [1.29, 1.82) is 0 Å². The second kappa shape index (κ2) is 8.75. The van der Waals surface area contributed by atoms with E-state index in [1.165, 1.54) is 0 Å². The Hall–Kier alpha value is -1.36. The molecule has 0 aromatic heterocycles. The number of allylic oxidation sites excluding steroid dienone is 1. The molecule has 0 rings (SSSR count). The molecule has 0 saturated carbocycles. The molecule has 0 aromatic rings. The molecule has 0 fully saturated rings. The average Bonchev–Trinajstić information content (AvgIpc) is 2.22. The Morgan fingerprint density at radius 3 is 2.47 bits per heavy atom. The minimum Gasteiger partial charge on any atom is -0.481 e. The monoisotopic (exact) mass is 243 g/mol. The summed E-state index contributed by atoms with van der Waals surface area (Å²) in [4.78, 5) is 24.0. The van der Waals surface area contributed by atoms with E-state index in [4.69, 9.17) is 9.84 Å². The molecule has 0 amide bonds. The van der Waals surface area contributed by atoms with Crippen molar-refractivity contribution >= 4 is 11.9 Å². The number of carbonyl (C=O) groups is 2. The van der Waals surface area contributed by atoms with Crippen LogP contribution in [0, 0.1) is 5.92 Å². The summed E-state index contributed by atoms with van der Waals surface area (Å²) in [5, 5.41) is 8.93. The van der Waals surface area contributed by atoms with Gasteiger partial charge in [0.2, 0.25) is 0 Å². The minimum absolute atomic E-state index is 0.0898. The number of carbonyl (C=O) groups excluding carboxylic acids is 1. The van der Waals surface area contributed by atoms with E-state index in [0.29, 0.717) is 6.54 Å². The topological polar surface area (TPSA) is 66.8 Å². The Morgan fingerprint density at radius 1 is 1.35 bits per heavy atom. The Balaban J connectivity index is 4.04. The molecule has 17 heavy (non-hydrogen) atoms. The van der Waals surface area contributed by atoms with Crippen LogP contribution in [0.3, 0.4) is 0 Å². The third kappa shape index (κ3) is 8.45. The molecule has 0 heterocycles. The highest BCUT2D eigenvalue weighted by Crippen LogP contribution is 2.06. The first kappa shape index (κ1) is 15.6. The van der Waals surface area contributed by atoms with Crippen molar-refractivity contribution in [3.05, 3.63) is 12.2 Å². The maximum absolute atomic E-state index is 11.4. The molecule has 0 aromatic carbocycles. The zero-order valence-electron chi connectivity index (χ0n) is 10.7.